The topological polar surface area (TPSA) is 16.1 Å². The molecule has 0 fully saturated rings. The van der Waals surface area contributed by atoms with E-state index >= 15 is 0 Å². The summed E-state index contributed by atoms with van der Waals surface area (Å²) in [7, 11) is 3.05. The maximum Gasteiger partial charge on any atom is 0.128 e. The number of thiol groups is 1. The van der Waals surface area contributed by atoms with E-state index < -0.39 is 0 Å². The van der Waals surface area contributed by atoms with Gasteiger partial charge in [0.2, 0.25) is 0 Å². The summed E-state index contributed by atoms with van der Waals surface area (Å²) in [6.07, 6.45) is 1.89. The van der Waals surface area contributed by atoms with Crippen molar-refractivity contribution in [1.82, 2.24) is 4.98 Å². The minimum absolute atomic E-state index is 0.997. The first kappa shape index (κ1) is 12.1. The normalized spacial score (nSPS) is 10.2. The predicted molar refractivity (Wildman–Crippen MR) is 70.2 cm³/mol. The molecule has 0 unspecified atom stereocenters. The fourth-order valence-corrected chi connectivity index (χ4v) is 2.83. The summed E-state index contributed by atoms with van der Waals surface area (Å²) in [4.78, 5) is 7.76. The molecule has 1 aromatic heterocycles. The van der Waals surface area contributed by atoms with E-state index in [0.29, 0.717) is 0 Å². The zero-order valence-corrected chi connectivity index (χ0v) is 10.8. The van der Waals surface area contributed by atoms with Crippen LogP contribution >= 0.6 is 32.3 Å². The number of pyridine rings is 1. The van der Waals surface area contributed by atoms with E-state index in [2.05, 4.69) is 47.5 Å². The Morgan fingerprint density at radius 3 is 2.50 bits per heavy atom. The second-order valence-electron chi connectivity index (χ2n) is 2.68. The number of anilines is 1. The molecule has 0 amide bonds. The summed E-state index contributed by atoms with van der Waals surface area (Å²) in [6, 6.07) is 4.13. The Morgan fingerprint density at radius 2 is 2.07 bits per heavy atom. The molecule has 0 saturated heterocycles. The summed E-state index contributed by atoms with van der Waals surface area (Å²) in [5.41, 5.74) is 0. The molecule has 0 atom stereocenters. The lowest BCUT2D eigenvalue weighted by Gasteiger charge is -2.19. The van der Waals surface area contributed by atoms with Gasteiger partial charge in [-0.2, -0.15) is 0 Å². The van der Waals surface area contributed by atoms with Gasteiger partial charge in [-0.1, -0.05) is 11.7 Å². The molecule has 0 saturated carbocycles. The van der Waals surface area contributed by atoms with Crippen LogP contribution in [-0.2, 0) is 0 Å². The van der Waals surface area contributed by atoms with Crippen molar-refractivity contribution in [3.05, 3.63) is 18.3 Å². The maximum absolute atomic E-state index is 4.40. The van der Waals surface area contributed by atoms with Crippen LogP contribution in [0.25, 0.3) is 0 Å². The van der Waals surface area contributed by atoms with Gasteiger partial charge in [0, 0.05) is 24.2 Å². The van der Waals surface area contributed by atoms with Gasteiger partial charge in [0.05, 0.1) is 0 Å². The third kappa shape index (κ3) is 3.29. The maximum atomic E-state index is 4.40. The second-order valence-corrected chi connectivity index (χ2v) is 5.76. The molecule has 0 aliphatic rings. The van der Waals surface area contributed by atoms with Crippen LogP contribution in [0.15, 0.2) is 23.2 Å². The van der Waals surface area contributed by atoms with Crippen LogP contribution in [0.3, 0.4) is 0 Å². The third-order valence-corrected chi connectivity index (χ3v) is 3.92. The molecule has 1 heterocycles. The first-order chi connectivity index (χ1) is 6.81. The predicted octanol–water partition coefficient (Wildman–Crippen LogP) is 3.51. The van der Waals surface area contributed by atoms with E-state index in [9.17, 15) is 0 Å². The summed E-state index contributed by atoms with van der Waals surface area (Å²) in [6.45, 7) is 6.27. The highest BCUT2D eigenvalue weighted by molar-refractivity contribution is 9.05. The van der Waals surface area contributed by atoms with Gasteiger partial charge in [0.25, 0.3) is 0 Å². The number of hydrogen-bond donors (Lipinski definition) is 1. The van der Waals surface area contributed by atoms with Gasteiger partial charge >= 0.3 is 0 Å². The van der Waals surface area contributed by atoms with Gasteiger partial charge < -0.3 is 4.90 Å². The average molecular weight is 246 g/mol. The van der Waals surface area contributed by atoms with Crippen molar-refractivity contribution in [3.8, 4) is 0 Å². The van der Waals surface area contributed by atoms with Crippen LogP contribution in [0.2, 0.25) is 0 Å². The largest absolute Gasteiger partial charge is 0.357 e. The Bertz CT molecular complexity index is 259. The molecule has 1 rings (SSSR count). The van der Waals surface area contributed by atoms with Crippen molar-refractivity contribution >= 4 is 38.1 Å². The lowest BCUT2D eigenvalue weighted by molar-refractivity contribution is 0.844. The summed E-state index contributed by atoms with van der Waals surface area (Å²) < 4.78 is 0. The highest BCUT2D eigenvalue weighted by Gasteiger charge is 2.02. The molecule has 2 nitrogen and oxygen atoms in total. The molecule has 0 aliphatic carbocycles. The molecule has 14 heavy (non-hydrogen) atoms. The molecule has 0 aromatic carbocycles. The molecule has 78 valence electrons. The minimum atomic E-state index is 0.997. The van der Waals surface area contributed by atoms with Crippen LogP contribution in [-0.4, -0.2) is 18.1 Å². The average Bonchev–Trinajstić information content (AvgIpc) is 2.23. The van der Waals surface area contributed by atoms with Crippen molar-refractivity contribution in [2.45, 2.75) is 18.7 Å². The minimum Gasteiger partial charge on any atom is -0.357 e. The van der Waals surface area contributed by atoms with Gasteiger partial charge in [-0.3, -0.25) is 0 Å². The summed E-state index contributed by atoms with van der Waals surface area (Å²) in [5, 5.41) is 0. The molecule has 0 radical (unpaired) electrons. The highest BCUT2D eigenvalue weighted by Crippen LogP contribution is 2.33. The molecule has 0 spiro atoms. The lowest BCUT2D eigenvalue weighted by atomic mass is 10.4. The Kier molecular flexibility index (Phi) is 5.59. The van der Waals surface area contributed by atoms with Crippen LogP contribution < -0.4 is 4.90 Å². The Hall–Kier alpha value is -0.000000000000000167. The first-order valence-corrected chi connectivity index (χ1v) is 7.71. The van der Waals surface area contributed by atoms with E-state index in [1.54, 1.807) is 10.8 Å². The van der Waals surface area contributed by atoms with E-state index in [4.69, 9.17) is 0 Å². The van der Waals surface area contributed by atoms with Crippen molar-refractivity contribution in [2.75, 3.05) is 18.0 Å². The fourth-order valence-electron chi connectivity index (χ4n) is 1.20. The van der Waals surface area contributed by atoms with E-state index in [1.165, 1.54) is 9.83 Å². The smallest absolute Gasteiger partial charge is 0.128 e. The zero-order valence-electron chi connectivity index (χ0n) is 8.30. The lowest BCUT2D eigenvalue weighted by Crippen LogP contribution is -2.22. The van der Waals surface area contributed by atoms with Crippen LogP contribution in [0.4, 0.5) is 5.82 Å². The van der Waals surface area contributed by atoms with Gasteiger partial charge in [0.1, 0.15) is 5.82 Å². The number of aromatic nitrogens is 1. The molecule has 1 aromatic rings. The van der Waals surface area contributed by atoms with Crippen LogP contribution in [0.5, 0.6) is 0 Å². The van der Waals surface area contributed by atoms with Gasteiger partial charge in [-0.25, -0.2) is 4.98 Å². The number of nitrogens with zero attached hydrogens (tertiary/aromatic N) is 2. The molecular weight excluding hydrogens is 232 g/mol. The van der Waals surface area contributed by atoms with Gasteiger partial charge in [0.15, 0.2) is 0 Å². The van der Waals surface area contributed by atoms with E-state index in [-0.39, 0.29) is 0 Å². The van der Waals surface area contributed by atoms with E-state index in [0.717, 1.165) is 23.8 Å². The SMILES string of the molecule is CCN(CC)c1ccc(SSS)cn1. The third-order valence-electron chi connectivity index (χ3n) is 1.94. The van der Waals surface area contributed by atoms with E-state index in [1.807, 2.05) is 6.20 Å². The molecular formula is C9H14N2S3. The van der Waals surface area contributed by atoms with Crippen molar-refractivity contribution in [1.29, 1.82) is 0 Å². The first-order valence-electron chi connectivity index (χ1n) is 4.50. The monoisotopic (exact) mass is 246 g/mol. The van der Waals surface area contributed by atoms with Crippen LogP contribution in [0.1, 0.15) is 13.8 Å². The van der Waals surface area contributed by atoms with Crippen molar-refractivity contribution < 1.29 is 0 Å². The second kappa shape index (κ2) is 6.48. The fraction of sp³-hybridized carbons (Fsp3) is 0.444. The Labute approximate surface area is 98.1 Å². The van der Waals surface area contributed by atoms with Gasteiger partial charge in [-0.05, 0) is 46.6 Å². The summed E-state index contributed by atoms with van der Waals surface area (Å²) >= 11 is 4.08. The quantitative estimate of drug-likeness (QED) is 0.632. The zero-order chi connectivity index (χ0) is 10.4. The highest BCUT2D eigenvalue weighted by atomic mass is 33.5. The molecule has 0 N–H and O–H groups in total. The van der Waals surface area contributed by atoms with Crippen molar-refractivity contribution in [3.63, 3.8) is 0 Å². The molecule has 0 aliphatic heterocycles. The Morgan fingerprint density at radius 1 is 1.36 bits per heavy atom. The number of rotatable bonds is 5. The van der Waals surface area contributed by atoms with Gasteiger partial charge in [-0.15, -0.1) is 0 Å². The Balaban J connectivity index is 2.71. The molecule has 0 bridgehead atoms. The van der Waals surface area contributed by atoms with Crippen LogP contribution in [0, 0.1) is 0 Å². The van der Waals surface area contributed by atoms with Crippen molar-refractivity contribution in [2.24, 2.45) is 0 Å². The summed E-state index contributed by atoms with van der Waals surface area (Å²) in [5.74, 6) is 1.04. The standard InChI is InChI=1S/C9H14N2S3/c1-3-11(4-2)9-6-5-8(7-10-9)13-14-12/h5-7,12H,3-4H2,1-2H3. The molecule has 5 heteroatoms. The number of hydrogen-bond acceptors (Lipinski definition) is 5.